The Morgan fingerprint density at radius 2 is 1.77 bits per heavy atom. The van der Waals surface area contributed by atoms with E-state index in [4.69, 9.17) is 0 Å². The van der Waals surface area contributed by atoms with Crippen molar-refractivity contribution in [1.29, 1.82) is 0 Å². The lowest BCUT2D eigenvalue weighted by atomic mass is 9.82. The number of aliphatic hydroxyl groups is 2. The summed E-state index contributed by atoms with van der Waals surface area (Å²) in [7, 11) is 0. The van der Waals surface area contributed by atoms with Gasteiger partial charge in [-0.3, -0.25) is 0 Å². The van der Waals surface area contributed by atoms with Crippen LogP contribution in [0.25, 0.3) is 0 Å². The average Bonchev–Trinajstić information content (AvgIpc) is 2.04. The molecule has 0 aliphatic rings. The molecule has 0 aromatic rings. The van der Waals surface area contributed by atoms with Gasteiger partial charge in [0.2, 0.25) is 0 Å². The number of hydrogen-bond acceptors (Lipinski definition) is 2. The third kappa shape index (κ3) is 3.92. The summed E-state index contributed by atoms with van der Waals surface area (Å²) in [6.45, 7) is 11.4. The predicted molar refractivity (Wildman–Crippen MR) is 55.4 cm³/mol. The van der Waals surface area contributed by atoms with Gasteiger partial charge in [0.1, 0.15) is 0 Å². The maximum atomic E-state index is 9.76. The van der Waals surface area contributed by atoms with Crippen LogP contribution in [0.2, 0.25) is 0 Å². The van der Waals surface area contributed by atoms with Crippen LogP contribution in [-0.2, 0) is 0 Å². The molecule has 2 heteroatoms. The van der Waals surface area contributed by atoms with Crippen LogP contribution >= 0.6 is 0 Å². The molecule has 0 heterocycles. The van der Waals surface area contributed by atoms with Crippen LogP contribution in [0, 0.1) is 11.3 Å². The zero-order valence-corrected chi connectivity index (χ0v) is 9.12. The molecular weight excluding hydrogens is 164 g/mol. The lowest BCUT2D eigenvalue weighted by Crippen LogP contribution is -2.32. The fraction of sp³-hybridized carbons (Fsp3) is 0.818. The Hall–Kier alpha value is -0.340. The molecule has 13 heavy (non-hydrogen) atoms. The summed E-state index contributed by atoms with van der Waals surface area (Å²) in [5.41, 5.74) is -0.324. The molecular formula is C11H22O2. The van der Waals surface area contributed by atoms with Crippen molar-refractivity contribution in [3.05, 3.63) is 12.7 Å². The Labute approximate surface area is 81.3 Å². The Morgan fingerprint density at radius 3 is 2.08 bits per heavy atom. The highest BCUT2D eigenvalue weighted by molar-refractivity contribution is 4.94. The van der Waals surface area contributed by atoms with Crippen molar-refractivity contribution in [3.63, 3.8) is 0 Å². The molecule has 0 aromatic carbocycles. The van der Waals surface area contributed by atoms with Gasteiger partial charge in [0.25, 0.3) is 0 Å². The first-order valence-electron chi connectivity index (χ1n) is 4.81. The van der Waals surface area contributed by atoms with E-state index >= 15 is 0 Å². The summed E-state index contributed by atoms with van der Waals surface area (Å²) < 4.78 is 0. The zero-order chi connectivity index (χ0) is 10.6. The van der Waals surface area contributed by atoms with Gasteiger partial charge in [-0.1, -0.05) is 33.8 Å². The van der Waals surface area contributed by atoms with Crippen LogP contribution < -0.4 is 0 Å². The van der Waals surface area contributed by atoms with Crippen molar-refractivity contribution in [1.82, 2.24) is 0 Å². The lowest BCUT2D eigenvalue weighted by Gasteiger charge is -2.29. The topological polar surface area (TPSA) is 40.5 Å². The Balaban J connectivity index is 4.14. The lowest BCUT2D eigenvalue weighted by molar-refractivity contribution is 0.0104. The Bertz CT molecular complexity index is 161. The standard InChI is InChI=1S/C11H22O2/c1-6-11(4,5)10(13)7-9(12)8(2)3/h6,8-10,12-13H,1,7H2,2-5H3. The van der Waals surface area contributed by atoms with Gasteiger partial charge in [0, 0.05) is 11.8 Å². The molecule has 0 aliphatic heterocycles. The van der Waals surface area contributed by atoms with Gasteiger partial charge < -0.3 is 10.2 Å². The second-order valence-corrected chi connectivity index (χ2v) is 4.59. The number of rotatable bonds is 5. The molecule has 0 aromatic heterocycles. The first kappa shape index (κ1) is 12.7. The van der Waals surface area contributed by atoms with Crippen LogP contribution in [-0.4, -0.2) is 22.4 Å². The highest BCUT2D eigenvalue weighted by Crippen LogP contribution is 2.26. The molecule has 2 atom stereocenters. The van der Waals surface area contributed by atoms with Crippen molar-refractivity contribution in [3.8, 4) is 0 Å². The summed E-state index contributed by atoms with van der Waals surface area (Å²) in [6, 6.07) is 0. The summed E-state index contributed by atoms with van der Waals surface area (Å²) in [4.78, 5) is 0. The summed E-state index contributed by atoms with van der Waals surface area (Å²) >= 11 is 0. The van der Waals surface area contributed by atoms with E-state index in [1.54, 1.807) is 6.08 Å². The highest BCUT2D eigenvalue weighted by atomic mass is 16.3. The summed E-state index contributed by atoms with van der Waals surface area (Å²) in [5.74, 6) is 0.190. The molecule has 0 saturated heterocycles. The maximum absolute atomic E-state index is 9.76. The van der Waals surface area contributed by atoms with Gasteiger partial charge in [-0.2, -0.15) is 0 Å². The van der Waals surface area contributed by atoms with Crippen molar-refractivity contribution < 1.29 is 10.2 Å². The zero-order valence-electron chi connectivity index (χ0n) is 9.12. The van der Waals surface area contributed by atoms with Crippen molar-refractivity contribution in [2.75, 3.05) is 0 Å². The third-order valence-corrected chi connectivity index (χ3v) is 2.62. The SMILES string of the molecule is C=CC(C)(C)C(O)CC(O)C(C)C. The number of aliphatic hydroxyl groups excluding tert-OH is 2. The smallest absolute Gasteiger partial charge is 0.0650 e. The molecule has 0 amide bonds. The van der Waals surface area contributed by atoms with Gasteiger partial charge in [-0.25, -0.2) is 0 Å². The van der Waals surface area contributed by atoms with Gasteiger partial charge >= 0.3 is 0 Å². The van der Waals surface area contributed by atoms with E-state index in [0.717, 1.165) is 0 Å². The Morgan fingerprint density at radius 1 is 1.31 bits per heavy atom. The van der Waals surface area contributed by atoms with E-state index in [-0.39, 0.29) is 11.3 Å². The minimum atomic E-state index is -0.526. The van der Waals surface area contributed by atoms with Crippen LogP contribution in [0.15, 0.2) is 12.7 Å². The van der Waals surface area contributed by atoms with E-state index in [1.165, 1.54) is 0 Å². The molecule has 2 N–H and O–H groups in total. The molecule has 0 fully saturated rings. The van der Waals surface area contributed by atoms with Gasteiger partial charge in [0.05, 0.1) is 12.2 Å². The number of hydrogen-bond donors (Lipinski definition) is 2. The van der Waals surface area contributed by atoms with E-state index in [9.17, 15) is 10.2 Å². The molecule has 2 nitrogen and oxygen atoms in total. The molecule has 0 spiro atoms. The first-order valence-corrected chi connectivity index (χ1v) is 4.81. The molecule has 0 radical (unpaired) electrons. The van der Waals surface area contributed by atoms with Gasteiger partial charge in [-0.15, -0.1) is 6.58 Å². The maximum Gasteiger partial charge on any atom is 0.0650 e. The van der Waals surface area contributed by atoms with E-state index in [0.29, 0.717) is 6.42 Å². The van der Waals surface area contributed by atoms with E-state index in [1.807, 2.05) is 27.7 Å². The fourth-order valence-electron chi connectivity index (χ4n) is 0.941. The second-order valence-electron chi connectivity index (χ2n) is 4.59. The molecule has 0 saturated carbocycles. The van der Waals surface area contributed by atoms with Gasteiger partial charge in [0.15, 0.2) is 0 Å². The monoisotopic (exact) mass is 186 g/mol. The molecule has 78 valence electrons. The van der Waals surface area contributed by atoms with Crippen molar-refractivity contribution >= 4 is 0 Å². The molecule has 2 unspecified atom stereocenters. The van der Waals surface area contributed by atoms with Crippen LogP contribution in [0.1, 0.15) is 34.1 Å². The predicted octanol–water partition coefficient (Wildman–Crippen LogP) is 1.97. The highest BCUT2D eigenvalue weighted by Gasteiger charge is 2.27. The van der Waals surface area contributed by atoms with Crippen LogP contribution in [0.4, 0.5) is 0 Å². The van der Waals surface area contributed by atoms with E-state index < -0.39 is 12.2 Å². The van der Waals surface area contributed by atoms with Crippen LogP contribution in [0.5, 0.6) is 0 Å². The minimum Gasteiger partial charge on any atom is -0.393 e. The first-order chi connectivity index (χ1) is 5.81. The quantitative estimate of drug-likeness (QED) is 0.644. The van der Waals surface area contributed by atoms with E-state index in [2.05, 4.69) is 6.58 Å². The average molecular weight is 186 g/mol. The molecule has 0 aliphatic carbocycles. The van der Waals surface area contributed by atoms with Gasteiger partial charge in [-0.05, 0) is 5.92 Å². The minimum absolute atomic E-state index is 0.190. The largest absolute Gasteiger partial charge is 0.393 e. The Kier molecular flexibility index (Phi) is 4.65. The molecule has 0 bridgehead atoms. The summed E-state index contributed by atoms with van der Waals surface area (Å²) in [6.07, 6.45) is 1.18. The normalized spacial score (nSPS) is 17.2. The second kappa shape index (κ2) is 4.77. The fourth-order valence-corrected chi connectivity index (χ4v) is 0.941. The van der Waals surface area contributed by atoms with Crippen molar-refractivity contribution in [2.45, 2.75) is 46.3 Å². The summed E-state index contributed by atoms with van der Waals surface area (Å²) in [5, 5.41) is 19.3. The van der Waals surface area contributed by atoms with Crippen molar-refractivity contribution in [2.24, 2.45) is 11.3 Å². The van der Waals surface area contributed by atoms with Crippen LogP contribution in [0.3, 0.4) is 0 Å². The molecule has 0 rings (SSSR count). The third-order valence-electron chi connectivity index (χ3n) is 2.62.